The highest BCUT2D eigenvalue weighted by Crippen LogP contribution is 1.96. The van der Waals surface area contributed by atoms with Crippen LogP contribution in [0.2, 0.25) is 0 Å². The van der Waals surface area contributed by atoms with Gasteiger partial charge in [-0.25, -0.2) is 0 Å². The van der Waals surface area contributed by atoms with Crippen LogP contribution in [0.3, 0.4) is 0 Å². The van der Waals surface area contributed by atoms with E-state index in [2.05, 4.69) is 6.58 Å². The molecular weight excluding hydrogens is 192 g/mol. The Morgan fingerprint density at radius 2 is 2.13 bits per heavy atom. The molecule has 0 rings (SSSR count). The molecule has 1 unspecified atom stereocenters. The molecule has 0 aromatic heterocycles. The van der Waals surface area contributed by atoms with Crippen LogP contribution in [0, 0.1) is 0 Å². The SMILES string of the molecule is C=CC=CC.NCCCCC(N)C(=O)O. The minimum atomic E-state index is -0.933. The van der Waals surface area contributed by atoms with Crippen molar-refractivity contribution in [3.63, 3.8) is 0 Å². The third-order valence-electron chi connectivity index (χ3n) is 1.61. The van der Waals surface area contributed by atoms with E-state index in [1.54, 1.807) is 6.08 Å². The molecule has 5 N–H and O–H groups in total. The average Bonchev–Trinajstić information content (AvgIpc) is 2.20. The van der Waals surface area contributed by atoms with Crippen LogP contribution < -0.4 is 11.5 Å². The molecule has 0 aromatic rings. The lowest BCUT2D eigenvalue weighted by molar-refractivity contribution is -0.138. The maximum atomic E-state index is 10.1. The molecule has 0 saturated heterocycles. The molecule has 1 atom stereocenters. The topological polar surface area (TPSA) is 89.3 Å². The molecule has 4 heteroatoms. The molecule has 15 heavy (non-hydrogen) atoms. The highest BCUT2D eigenvalue weighted by Gasteiger charge is 2.09. The van der Waals surface area contributed by atoms with E-state index in [0.29, 0.717) is 13.0 Å². The van der Waals surface area contributed by atoms with E-state index in [0.717, 1.165) is 12.8 Å². The van der Waals surface area contributed by atoms with Crippen molar-refractivity contribution < 1.29 is 9.90 Å². The number of aliphatic carboxylic acids is 1. The van der Waals surface area contributed by atoms with Gasteiger partial charge < -0.3 is 16.6 Å². The van der Waals surface area contributed by atoms with Crippen molar-refractivity contribution in [1.82, 2.24) is 0 Å². The maximum Gasteiger partial charge on any atom is 0.320 e. The Labute approximate surface area is 91.7 Å². The number of hydrogen-bond donors (Lipinski definition) is 3. The number of carboxylic acid groups (broad SMARTS) is 1. The normalized spacial score (nSPS) is 11.7. The second-order valence-corrected chi connectivity index (χ2v) is 2.99. The molecule has 0 amide bonds. The molecule has 0 fully saturated rings. The van der Waals surface area contributed by atoms with Crippen LogP contribution in [0.4, 0.5) is 0 Å². The first-order valence-electron chi connectivity index (χ1n) is 5.02. The molecule has 0 bridgehead atoms. The van der Waals surface area contributed by atoms with Gasteiger partial charge in [-0.1, -0.05) is 31.2 Å². The summed E-state index contributed by atoms with van der Waals surface area (Å²) in [6.45, 7) is 6.03. The Bertz CT molecular complexity index is 191. The summed E-state index contributed by atoms with van der Waals surface area (Å²) in [5.74, 6) is -0.933. The molecule has 0 aliphatic carbocycles. The van der Waals surface area contributed by atoms with Crippen LogP contribution >= 0.6 is 0 Å². The van der Waals surface area contributed by atoms with Crippen molar-refractivity contribution >= 4 is 5.97 Å². The summed E-state index contributed by atoms with van der Waals surface area (Å²) < 4.78 is 0. The van der Waals surface area contributed by atoms with E-state index in [4.69, 9.17) is 16.6 Å². The van der Waals surface area contributed by atoms with E-state index in [1.165, 1.54) is 0 Å². The Kier molecular flexibility index (Phi) is 14.0. The van der Waals surface area contributed by atoms with Gasteiger partial charge in [0.15, 0.2) is 0 Å². The number of allylic oxidation sites excluding steroid dienone is 3. The third-order valence-corrected chi connectivity index (χ3v) is 1.61. The average molecular weight is 214 g/mol. The van der Waals surface area contributed by atoms with Crippen LogP contribution in [-0.4, -0.2) is 23.7 Å². The van der Waals surface area contributed by atoms with E-state index in [-0.39, 0.29) is 0 Å². The van der Waals surface area contributed by atoms with Crippen LogP contribution in [0.25, 0.3) is 0 Å². The monoisotopic (exact) mass is 214 g/mol. The highest BCUT2D eigenvalue weighted by molar-refractivity contribution is 5.72. The zero-order valence-electron chi connectivity index (χ0n) is 9.36. The van der Waals surface area contributed by atoms with Gasteiger partial charge in [-0.3, -0.25) is 4.79 Å². The van der Waals surface area contributed by atoms with E-state index in [9.17, 15) is 4.79 Å². The summed E-state index contributed by atoms with van der Waals surface area (Å²) in [4.78, 5) is 10.1. The van der Waals surface area contributed by atoms with Crippen molar-refractivity contribution in [3.05, 3.63) is 24.8 Å². The number of rotatable bonds is 6. The lowest BCUT2D eigenvalue weighted by atomic mass is 10.1. The summed E-state index contributed by atoms with van der Waals surface area (Å²) >= 11 is 0. The number of carbonyl (C=O) groups is 1. The van der Waals surface area contributed by atoms with E-state index < -0.39 is 12.0 Å². The van der Waals surface area contributed by atoms with Crippen LogP contribution in [-0.2, 0) is 4.79 Å². The molecule has 0 aromatic carbocycles. The van der Waals surface area contributed by atoms with Crippen molar-refractivity contribution in [1.29, 1.82) is 0 Å². The largest absolute Gasteiger partial charge is 0.480 e. The van der Waals surface area contributed by atoms with Gasteiger partial charge in [0.2, 0.25) is 0 Å². The number of unbranched alkanes of at least 4 members (excludes halogenated alkanes) is 1. The van der Waals surface area contributed by atoms with Crippen LogP contribution in [0.5, 0.6) is 0 Å². The summed E-state index contributed by atoms with van der Waals surface area (Å²) in [5, 5.41) is 8.33. The lowest BCUT2D eigenvalue weighted by Gasteiger charge is -2.03. The fourth-order valence-electron chi connectivity index (χ4n) is 0.768. The fraction of sp³-hybridized carbons (Fsp3) is 0.545. The first-order valence-corrected chi connectivity index (χ1v) is 5.02. The number of carboxylic acids is 1. The van der Waals surface area contributed by atoms with Gasteiger partial charge in [0.05, 0.1) is 0 Å². The van der Waals surface area contributed by atoms with Gasteiger partial charge in [0.1, 0.15) is 6.04 Å². The van der Waals surface area contributed by atoms with E-state index >= 15 is 0 Å². The van der Waals surface area contributed by atoms with Gasteiger partial charge in [-0.2, -0.15) is 0 Å². The van der Waals surface area contributed by atoms with Crippen molar-refractivity contribution in [2.45, 2.75) is 32.2 Å². The number of hydrogen-bond acceptors (Lipinski definition) is 3. The molecule has 0 spiro atoms. The smallest absolute Gasteiger partial charge is 0.320 e. The molecule has 4 nitrogen and oxygen atoms in total. The highest BCUT2D eigenvalue weighted by atomic mass is 16.4. The van der Waals surface area contributed by atoms with Gasteiger partial charge in [-0.15, -0.1) is 0 Å². The summed E-state index contributed by atoms with van der Waals surface area (Å²) in [5.41, 5.74) is 10.4. The zero-order chi connectivity index (χ0) is 12.1. The first-order chi connectivity index (χ1) is 7.09. The quantitative estimate of drug-likeness (QED) is 0.459. The Hall–Kier alpha value is -1.13. The summed E-state index contributed by atoms with van der Waals surface area (Å²) in [6, 6.07) is -0.716. The van der Waals surface area contributed by atoms with Gasteiger partial charge in [0.25, 0.3) is 0 Å². The third kappa shape index (κ3) is 15.6. The van der Waals surface area contributed by atoms with Crippen molar-refractivity contribution in [3.8, 4) is 0 Å². The Morgan fingerprint density at radius 3 is 2.40 bits per heavy atom. The van der Waals surface area contributed by atoms with Gasteiger partial charge in [0, 0.05) is 0 Å². The molecule has 0 saturated carbocycles. The second-order valence-electron chi connectivity index (χ2n) is 2.99. The minimum absolute atomic E-state index is 0.520. The number of nitrogens with two attached hydrogens (primary N) is 2. The first kappa shape index (κ1) is 16.3. The van der Waals surface area contributed by atoms with Crippen molar-refractivity contribution in [2.24, 2.45) is 11.5 Å². The molecule has 88 valence electrons. The summed E-state index contributed by atoms with van der Waals surface area (Å²) in [7, 11) is 0. The summed E-state index contributed by atoms with van der Waals surface area (Å²) in [6.07, 6.45) is 7.74. The Balaban J connectivity index is 0. The van der Waals surface area contributed by atoms with Crippen molar-refractivity contribution in [2.75, 3.05) is 6.54 Å². The molecule has 0 aliphatic heterocycles. The predicted octanol–water partition coefficient (Wildman–Crippen LogP) is 1.28. The lowest BCUT2D eigenvalue weighted by Crippen LogP contribution is -2.29. The minimum Gasteiger partial charge on any atom is -0.480 e. The fourth-order valence-corrected chi connectivity index (χ4v) is 0.768. The van der Waals surface area contributed by atoms with Gasteiger partial charge in [-0.05, 0) is 26.3 Å². The molecule has 0 radical (unpaired) electrons. The zero-order valence-corrected chi connectivity index (χ0v) is 9.36. The van der Waals surface area contributed by atoms with Crippen LogP contribution in [0.15, 0.2) is 24.8 Å². The molecule has 0 heterocycles. The second kappa shape index (κ2) is 12.9. The van der Waals surface area contributed by atoms with E-state index in [1.807, 2.05) is 19.1 Å². The maximum absolute atomic E-state index is 10.1. The standard InChI is InChI=1S/C6H14N2O2.C5H8/c7-4-2-1-3-5(8)6(9)10;1-3-5-4-2/h5H,1-4,7-8H2,(H,9,10);3-5H,1H2,2H3. The van der Waals surface area contributed by atoms with Gasteiger partial charge >= 0.3 is 5.97 Å². The molecule has 0 aliphatic rings. The molecular formula is C11H22N2O2. The Morgan fingerprint density at radius 1 is 1.53 bits per heavy atom. The predicted molar refractivity (Wildman–Crippen MR) is 63.5 cm³/mol. The van der Waals surface area contributed by atoms with Crippen LogP contribution in [0.1, 0.15) is 26.2 Å².